The number of amides is 1. The highest BCUT2D eigenvalue weighted by Gasteiger charge is 2.25. The molecule has 0 spiro atoms. The summed E-state index contributed by atoms with van der Waals surface area (Å²) >= 11 is 1.82. The normalized spacial score (nSPS) is 23.7. The van der Waals surface area contributed by atoms with E-state index in [1.807, 2.05) is 11.8 Å². The number of benzene rings is 1. The van der Waals surface area contributed by atoms with Gasteiger partial charge in [-0.1, -0.05) is 12.8 Å². The fourth-order valence-corrected chi connectivity index (χ4v) is 3.33. The zero-order valence-electron chi connectivity index (χ0n) is 10.5. The number of carbonyl (C=O) groups is 1. The zero-order valence-corrected chi connectivity index (χ0v) is 11.3. The van der Waals surface area contributed by atoms with Crippen molar-refractivity contribution in [3.8, 4) is 0 Å². The monoisotopic (exact) mass is 267 g/mol. The Hall–Kier alpha value is -1.03. The van der Waals surface area contributed by atoms with Crippen molar-refractivity contribution in [3.63, 3.8) is 0 Å². The summed E-state index contributed by atoms with van der Waals surface area (Å²) < 4.78 is 12.8. The lowest BCUT2D eigenvalue weighted by atomic mass is 9.94. The van der Waals surface area contributed by atoms with Gasteiger partial charge in [0.05, 0.1) is 0 Å². The van der Waals surface area contributed by atoms with Gasteiger partial charge in [0.25, 0.3) is 5.91 Å². The van der Waals surface area contributed by atoms with Crippen LogP contribution in [0.5, 0.6) is 0 Å². The van der Waals surface area contributed by atoms with Gasteiger partial charge in [-0.15, -0.1) is 0 Å². The molecule has 1 aromatic carbocycles. The van der Waals surface area contributed by atoms with Gasteiger partial charge in [0.2, 0.25) is 0 Å². The van der Waals surface area contributed by atoms with Crippen LogP contribution in [-0.4, -0.2) is 23.5 Å². The van der Waals surface area contributed by atoms with Gasteiger partial charge in [-0.05, 0) is 43.4 Å². The van der Waals surface area contributed by atoms with Gasteiger partial charge in [-0.3, -0.25) is 4.79 Å². The summed E-state index contributed by atoms with van der Waals surface area (Å²) in [5, 5.41) is 3.58. The summed E-state index contributed by atoms with van der Waals surface area (Å²) in [7, 11) is 0. The lowest BCUT2D eigenvalue weighted by Crippen LogP contribution is -2.43. The molecular formula is C14H18FNOS. The maximum absolute atomic E-state index is 12.8. The van der Waals surface area contributed by atoms with E-state index in [-0.39, 0.29) is 17.8 Å². The van der Waals surface area contributed by atoms with Crippen molar-refractivity contribution in [3.05, 3.63) is 35.6 Å². The summed E-state index contributed by atoms with van der Waals surface area (Å²) in [6.07, 6.45) is 6.71. The van der Waals surface area contributed by atoms with Gasteiger partial charge < -0.3 is 5.32 Å². The second-order valence-corrected chi connectivity index (χ2v) is 5.72. The van der Waals surface area contributed by atoms with Crippen molar-refractivity contribution in [1.29, 1.82) is 0 Å². The molecule has 2 nitrogen and oxygen atoms in total. The van der Waals surface area contributed by atoms with E-state index >= 15 is 0 Å². The molecule has 2 unspecified atom stereocenters. The third-order valence-corrected chi connectivity index (χ3v) is 4.60. The van der Waals surface area contributed by atoms with Crippen LogP contribution in [0, 0.1) is 5.82 Å². The SMILES string of the molecule is CSC1CCCCC1NC(=O)c1ccc(F)cc1. The van der Waals surface area contributed by atoms with Gasteiger partial charge in [0, 0.05) is 16.9 Å². The molecule has 98 valence electrons. The molecule has 1 fully saturated rings. The van der Waals surface area contributed by atoms with Crippen LogP contribution in [0.3, 0.4) is 0 Å². The van der Waals surface area contributed by atoms with Crippen molar-refractivity contribution in [2.45, 2.75) is 37.0 Å². The minimum absolute atomic E-state index is 0.0963. The molecule has 1 N–H and O–H groups in total. The number of carbonyl (C=O) groups excluding carboxylic acids is 1. The third-order valence-electron chi connectivity index (χ3n) is 3.43. The number of rotatable bonds is 3. The van der Waals surface area contributed by atoms with Crippen molar-refractivity contribution in [2.75, 3.05) is 6.26 Å². The van der Waals surface area contributed by atoms with Crippen LogP contribution in [0.2, 0.25) is 0 Å². The summed E-state index contributed by atoms with van der Waals surface area (Å²) in [6, 6.07) is 5.94. The molecule has 2 rings (SSSR count). The number of halogens is 1. The highest BCUT2D eigenvalue weighted by Crippen LogP contribution is 2.27. The van der Waals surface area contributed by atoms with Crippen LogP contribution >= 0.6 is 11.8 Å². The quantitative estimate of drug-likeness (QED) is 0.911. The van der Waals surface area contributed by atoms with Crippen LogP contribution < -0.4 is 5.32 Å². The zero-order chi connectivity index (χ0) is 13.0. The Morgan fingerprint density at radius 1 is 1.28 bits per heavy atom. The Morgan fingerprint density at radius 2 is 1.94 bits per heavy atom. The molecule has 0 radical (unpaired) electrons. The first-order chi connectivity index (χ1) is 8.70. The molecular weight excluding hydrogens is 249 g/mol. The lowest BCUT2D eigenvalue weighted by Gasteiger charge is -2.30. The lowest BCUT2D eigenvalue weighted by molar-refractivity contribution is 0.0929. The highest BCUT2D eigenvalue weighted by atomic mass is 32.2. The number of nitrogens with one attached hydrogen (secondary N) is 1. The summed E-state index contributed by atoms with van der Waals surface area (Å²) in [4.78, 5) is 12.0. The van der Waals surface area contributed by atoms with E-state index in [4.69, 9.17) is 0 Å². The Morgan fingerprint density at radius 3 is 2.61 bits per heavy atom. The fourth-order valence-electron chi connectivity index (χ4n) is 2.40. The minimum atomic E-state index is -0.314. The van der Waals surface area contributed by atoms with E-state index in [0.29, 0.717) is 10.8 Å². The maximum Gasteiger partial charge on any atom is 0.251 e. The Bertz CT molecular complexity index is 407. The van der Waals surface area contributed by atoms with Crippen molar-refractivity contribution < 1.29 is 9.18 Å². The van der Waals surface area contributed by atoms with E-state index < -0.39 is 0 Å². The first-order valence-electron chi connectivity index (χ1n) is 6.30. The van der Waals surface area contributed by atoms with Crippen LogP contribution in [0.15, 0.2) is 24.3 Å². The molecule has 0 saturated heterocycles. The first-order valence-corrected chi connectivity index (χ1v) is 7.58. The Balaban J connectivity index is 1.99. The smallest absolute Gasteiger partial charge is 0.251 e. The maximum atomic E-state index is 12.8. The molecule has 0 aliphatic heterocycles. The highest BCUT2D eigenvalue weighted by molar-refractivity contribution is 7.99. The van der Waals surface area contributed by atoms with Crippen LogP contribution in [0.4, 0.5) is 4.39 Å². The molecule has 4 heteroatoms. The van der Waals surface area contributed by atoms with Crippen LogP contribution in [0.25, 0.3) is 0 Å². The molecule has 2 atom stereocenters. The van der Waals surface area contributed by atoms with Crippen molar-refractivity contribution in [1.82, 2.24) is 5.32 Å². The molecule has 1 aliphatic carbocycles. The topological polar surface area (TPSA) is 29.1 Å². The van der Waals surface area contributed by atoms with E-state index in [9.17, 15) is 9.18 Å². The summed E-state index contributed by atoms with van der Waals surface area (Å²) in [6.45, 7) is 0. The van der Waals surface area contributed by atoms with E-state index in [1.165, 1.54) is 37.1 Å². The number of hydrogen-bond acceptors (Lipinski definition) is 2. The molecule has 0 heterocycles. The first kappa shape index (κ1) is 13.4. The second kappa shape index (κ2) is 6.23. The Labute approximate surface area is 111 Å². The molecule has 1 saturated carbocycles. The summed E-state index contributed by atoms with van der Waals surface area (Å²) in [5.41, 5.74) is 0.529. The largest absolute Gasteiger partial charge is 0.348 e. The average Bonchev–Trinajstić information content (AvgIpc) is 2.40. The summed E-state index contributed by atoms with van der Waals surface area (Å²) in [5.74, 6) is -0.410. The number of thioether (sulfide) groups is 1. The average molecular weight is 267 g/mol. The molecule has 1 aliphatic rings. The van der Waals surface area contributed by atoms with Gasteiger partial charge in [0.1, 0.15) is 5.82 Å². The predicted octanol–water partition coefficient (Wildman–Crippen LogP) is 3.23. The molecule has 0 aromatic heterocycles. The molecule has 0 bridgehead atoms. The van der Waals surface area contributed by atoms with E-state index in [0.717, 1.165) is 12.8 Å². The van der Waals surface area contributed by atoms with Crippen LogP contribution in [-0.2, 0) is 0 Å². The predicted molar refractivity (Wildman–Crippen MR) is 73.4 cm³/mol. The van der Waals surface area contributed by atoms with Crippen molar-refractivity contribution in [2.24, 2.45) is 0 Å². The van der Waals surface area contributed by atoms with Gasteiger partial charge in [-0.25, -0.2) is 4.39 Å². The fraction of sp³-hybridized carbons (Fsp3) is 0.500. The van der Waals surface area contributed by atoms with E-state index in [1.54, 1.807) is 0 Å². The van der Waals surface area contributed by atoms with Gasteiger partial charge in [-0.2, -0.15) is 11.8 Å². The van der Waals surface area contributed by atoms with Gasteiger partial charge >= 0.3 is 0 Å². The van der Waals surface area contributed by atoms with Crippen LogP contribution in [0.1, 0.15) is 36.0 Å². The van der Waals surface area contributed by atoms with Gasteiger partial charge in [0.15, 0.2) is 0 Å². The molecule has 1 amide bonds. The van der Waals surface area contributed by atoms with E-state index in [2.05, 4.69) is 11.6 Å². The number of hydrogen-bond donors (Lipinski definition) is 1. The molecule has 1 aromatic rings. The second-order valence-electron chi connectivity index (χ2n) is 4.65. The third kappa shape index (κ3) is 3.25. The standard InChI is InChI=1S/C14H18FNOS/c1-18-13-5-3-2-4-12(13)16-14(17)10-6-8-11(15)9-7-10/h6-9,12-13H,2-5H2,1H3,(H,16,17). The minimum Gasteiger partial charge on any atom is -0.348 e. The molecule has 18 heavy (non-hydrogen) atoms. The Kier molecular flexibility index (Phi) is 4.64. The van der Waals surface area contributed by atoms with Crippen molar-refractivity contribution >= 4 is 17.7 Å².